The number of hydrogen-bond acceptors (Lipinski definition) is 6. The SMILES string of the molecule is C=C(C)C(=O)OCCOc1cc(N=Nc2ccccc2)c(O)c(C(C)(C)C)c1. The lowest BCUT2D eigenvalue weighted by Crippen LogP contribution is -2.14. The first-order valence-corrected chi connectivity index (χ1v) is 8.98. The van der Waals surface area contributed by atoms with Crippen LogP contribution in [0.2, 0.25) is 0 Å². The van der Waals surface area contributed by atoms with Crippen molar-refractivity contribution in [3.8, 4) is 11.5 Å². The maximum Gasteiger partial charge on any atom is 0.333 e. The molecule has 2 aromatic rings. The van der Waals surface area contributed by atoms with Crippen molar-refractivity contribution in [1.82, 2.24) is 0 Å². The predicted molar refractivity (Wildman–Crippen MR) is 109 cm³/mol. The van der Waals surface area contributed by atoms with Gasteiger partial charge in [-0.1, -0.05) is 45.5 Å². The zero-order chi connectivity index (χ0) is 20.7. The van der Waals surface area contributed by atoms with Crippen molar-refractivity contribution in [2.24, 2.45) is 10.2 Å². The third kappa shape index (κ3) is 5.94. The van der Waals surface area contributed by atoms with Crippen LogP contribution in [0.3, 0.4) is 0 Å². The summed E-state index contributed by atoms with van der Waals surface area (Å²) in [4.78, 5) is 11.4. The third-order valence-electron chi connectivity index (χ3n) is 3.83. The van der Waals surface area contributed by atoms with Gasteiger partial charge >= 0.3 is 5.97 Å². The minimum atomic E-state index is -0.456. The Morgan fingerprint density at radius 1 is 1.11 bits per heavy atom. The summed E-state index contributed by atoms with van der Waals surface area (Å²) in [6.45, 7) is 11.3. The van der Waals surface area contributed by atoms with E-state index in [1.54, 1.807) is 19.1 Å². The third-order valence-corrected chi connectivity index (χ3v) is 3.83. The van der Waals surface area contributed by atoms with E-state index >= 15 is 0 Å². The zero-order valence-electron chi connectivity index (χ0n) is 16.7. The molecule has 148 valence electrons. The van der Waals surface area contributed by atoms with Crippen molar-refractivity contribution < 1.29 is 19.4 Å². The fraction of sp³-hybridized carbons (Fsp3) is 0.318. The van der Waals surface area contributed by atoms with Crippen LogP contribution >= 0.6 is 0 Å². The molecule has 0 saturated heterocycles. The number of hydrogen-bond donors (Lipinski definition) is 1. The van der Waals surface area contributed by atoms with Gasteiger partial charge in [-0.25, -0.2) is 4.79 Å². The molecular weight excluding hydrogens is 356 g/mol. The van der Waals surface area contributed by atoms with Gasteiger partial charge in [0.15, 0.2) is 0 Å². The molecule has 6 heteroatoms. The van der Waals surface area contributed by atoms with E-state index in [9.17, 15) is 9.90 Å². The van der Waals surface area contributed by atoms with Crippen molar-refractivity contribution >= 4 is 17.3 Å². The van der Waals surface area contributed by atoms with Crippen LogP contribution in [-0.2, 0) is 14.9 Å². The molecule has 0 aliphatic carbocycles. The lowest BCUT2D eigenvalue weighted by atomic mass is 9.86. The zero-order valence-corrected chi connectivity index (χ0v) is 16.7. The van der Waals surface area contributed by atoms with Crippen LogP contribution in [0.1, 0.15) is 33.3 Å². The van der Waals surface area contributed by atoms with E-state index in [0.29, 0.717) is 28.3 Å². The summed E-state index contributed by atoms with van der Waals surface area (Å²) < 4.78 is 10.7. The summed E-state index contributed by atoms with van der Waals surface area (Å²) >= 11 is 0. The second-order valence-corrected chi connectivity index (χ2v) is 7.39. The summed E-state index contributed by atoms with van der Waals surface area (Å²) in [7, 11) is 0. The van der Waals surface area contributed by atoms with Crippen molar-refractivity contribution in [3.05, 3.63) is 60.2 Å². The topological polar surface area (TPSA) is 80.5 Å². The number of nitrogens with zero attached hydrogens (tertiary/aromatic N) is 2. The number of ether oxygens (including phenoxy) is 2. The number of esters is 1. The van der Waals surface area contributed by atoms with Crippen molar-refractivity contribution in [3.63, 3.8) is 0 Å². The molecule has 0 aliphatic heterocycles. The Bertz CT molecular complexity index is 868. The van der Waals surface area contributed by atoms with Crippen LogP contribution < -0.4 is 4.74 Å². The predicted octanol–water partition coefficient (Wildman–Crippen LogP) is 5.60. The molecule has 0 unspecified atom stereocenters. The molecule has 2 rings (SSSR count). The van der Waals surface area contributed by atoms with Crippen LogP contribution in [0.4, 0.5) is 11.4 Å². The van der Waals surface area contributed by atoms with Crippen LogP contribution in [0.5, 0.6) is 11.5 Å². The molecule has 0 amide bonds. The van der Waals surface area contributed by atoms with Crippen LogP contribution in [-0.4, -0.2) is 24.3 Å². The molecule has 0 aliphatic rings. The van der Waals surface area contributed by atoms with Gasteiger partial charge in [0.2, 0.25) is 0 Å². The lowest BCUT2D eigenvalue weighted by Gasteiger charge is -2.22. The van der Waals surface area contributed by atoms with Crippen LogP contribution in [0.15, 0.2) is 64.8 Å². The van der Waals surface area contributed by atoms with E-state index < -0.39 is 5.97 Å². The second kappa shape index (κ2) is 9.17. The monoisotopic (exact) mass is 382 g/mol. The molecule has 1 N–H and O–H groups in total. The molecule has 0 aromatic heterocycles. The Morgan fingerprint density at radius 3 is 2.39 bits per heavy atom. The van der Waals surface area contributed by atoms with E-state index in [2.05, 4.69) is 16.8 Å². The number of benzene rings is 2. The Labute approximate surface area is 165 Å². The number of carbonyl (C=O) groups excluding carboxylic acids is 1. The fourth-order valence-electron chi connectivity index (χ4n) is 2.35. The van der Waals surface area contributed by atoms with Crippen LogP contribution in [0, 0.1) is 0 Å². The first-order valence-electron chi connectivity index (χ1n) is 8.98. The smallest absolute Gasteiger partial charge is 0.333 e. The van der Waals surface area contributed by atoms with E-state index in [4.69, 9.17) is 9.47 Å². The number of rotatable bonds is 7. The summed E-state index contributed by atoms with van der Waals surface area (Å²) in [5.41, 5.74) is 1.68. The molecule has 0 fully saturated rings. The highest BCUT2D eigenvalue weighted by molar-refractivity contribution is 5.86. The number of carbonyl (C=O) groups is 1. The van der Waals surface area contributed by atoms with Gasteiger partial charge in [0.05, 0.1) is 5.69 Å². The summed E-state index contributed by atoms with van der Waals surface area (Å²) in [5.74, 6) is 0.117. The quantitative estimate of drug-likeness (QED) is 0.292. The second-order valence-electron chi connectivity index (χ2n) is 7.39. The van der Waals surface area contributed by atoms with Crippen molar-refractivity contribution in [2.75, 3.05) is 13.2 Å². The number of aromatic hydroxyl groups is 1. The molecule has 0 spiro atoms. The molecule has 2 aromatic carbocycles. The molecular formula is C22H26N2O4. The minimum absolute atomic E-state index is 0.0632. The molecule has 0 saturated carbocycles. The first kappa shape index (κ1) is 21.2. The Hall–Kier alpha value is -3.15. The summed E-state index contributed by atoms with van der Waals surface area (Å²) in [5, 5.41) is 19.0. The molecule has 0 radical (unpaired) electrons. The van der Waals surface area contributed by atoms with E-state index in [1.807, 2.05) is 51.1 Å². The molecule has 6 nitrogen and oxygen atoms in total. The molecule has 0 heterocycles. The number of azo groups is 1. The average Bonchev–Trinajstić information content (AvgIpc) is 2.64. The van der Waals surface area contributed by atoms with E-state index in [-0.39, 0.29) is 24.4 Å². The maximum atomic E-state index is 11.4. The van der Waals surface area contributed by atoms with E-state index in [1.165, 1.54) is 0 Å². The average molecular weight is 382 g/mol. The standard InChI is InChI=1S/C22H26N2O4/c1-15(2)21(26)28-12-11-27-17-13-18(22(3,4)5)20(25)19(14-17)24-23-16-9-7-6-8-10-16/h6-10,13-14,25H,1,11-12H2,2-5H3. The number of phenols is 1. The van der Waals surface area contributed by atoms with Gasteiger partial charge in [0, 0.05) is 17.2 Å². The number of phenolic OH excluding ortho intramolecular Hbond substituents is 1. The van der Waals surface area contributed by atoms with Gasteiger partial charge in [-0.3, -0.25) is 0 Å². The molecule has 28 heavy (non-hydrogen) atoms. The molecule has 0 atom stereocenters. The summed E-state index contributed by atoms with van der Waals surface area (Å²) in [6.07, 6.45) is 0. The van der Waals surface area contributed by atoms with Gasteiger partial charge in [0.1, 0.15) is 30.4 Å². The van der Waals surface area contributed by atoms with Gasteiger partial charge in [0.25, 0.3) is 0 Å². The van der Waals surface area contributed by atoms with Gasteiger partial charge in [-0.05, 0) is 30.5 Å². The highest BCUT2D eigenvalue weighted by atomic mass is 16.6. The van der Waals surface area contributed by atoms with Crippen molar-refractivity contribution in [2.45, 2.75) is 33.1 Å². The van der Waals surface area contributed by atoms with E-state index in [0.717, 1.165) is 0 Å². The van der Waals surface area contributed by atoms with Crippen molar-refractivity contribution in [1.29, 1.82) is 0 Å². The Morgan fingerprint density at radius 2 is 1.79 bits per heavy atom. The van der Waals surface area contributed by atoms with Gasteiger partial charge < -0.3 is 14.6 Å². The lowest BCUT2D eigenvalue weighted by molar-refractivity contribution is -0.139. The molecule has 0 bridgehead atoms. The van der Waals surface area contributed by atoms with Gasteiger partial charge in [-0.2, -0.15) is 5.11 Å². The normalized spacial score (nSPS) is 11.4. The summed E-state index contributed by atoms with van der Waals surface area (Å²) in [6, 6.07) is 12.6. The largest absolute Gasteiger partial charge is 0.505 e. The maximum absolute atomic E-state index is 11.4. The Kier molecular flexibility index (Phi) is 6.93. The first-order chi connectivity index (χ1) is 13.2. The fourth-order valence-corrected chi connectivity index (χ4v) is 2.35. The highest BCUT2D eigenvalue weighted by Crippen LogP contribution is 2.41. The van der Waals surface area contributed by atoms with Gasteiger partial charge in [-0.15, -0.1) is 5.11 Å². The van der Waals surface area contributed by atoms with Crippen LogP contribution in [0.25, 0.3) is 0 Å². The highest BCUT2D eigenvalue weighted by Gasteiger charge is 2.22. The minimum Gasteiger partial charge on any atom is -0.505 e. The Balaban J connectivity index is 2.22.